The molecule has 0 heterocycles. The van der Waals surface area contributed by atoms with Gasteiger partial charge in [0.2, 0.25) is 0 Å². The maximum atomic E-state index is 6.07. The zero-order valence-electron chi connectivity index (χ0n) is 31.8. The molecule has 0 saturated heterocycles. The van der Waals surface area contributed by atoms with E-state index in [2.05, 4.69) is 98.8 Å². The van der Waals surface area contributed by atoms with Crippen LogP contribution in [0.3, 0.4) is 0 Å². The van der Waals surface area contributed by atoms with E-state index in [1.807, 2.05) is 0 Å². The zero-order valence-corrected chi connectivity index (χ0v) is 31.8. The predicted octanol–water partition coefficient (Wildman–Crippen LogP) is 13.2. The van der Waals surface area contributed by atoms with Crippen LogP contribution in [0, 0.1) is 0 Å². The van der Waals surface area contributed by atoms with Gasteiger partial charge in [-0.15, -0.1) is 0 Å². The van der Waals surface area contributed by atoms with E-state index in [0.29, 0.717) is 0 Å². The molecule has 0 aliphatic carbocycles. The van der Waals surface area contributed by atoms with Crippen LogP contribution in [0.4, 0.5) is 11.4 Å². The summed E-state index contributed by atoms with van der Waals surface area (Å²) in [6, 6.07) is 31.7. The molecule has 0 atom stereocenters. The van der Waals surface area contributed by atoms with Gasteiger partial charge < -0.3 is 11.5 Å². The highest BCUT2D eigenvalue weighted by atomic mass is 14.5. The van der Waals surface area contributed by atoms with Crippen molar-refractivity contribution < 1.29 is 0 Å². The van der Waals surface area contributed by atoms with Crippen molar-refractivity contribution in [2.75, 3.05) is 11.5 Å². The number of nitrogen functional groups attached to an aromatic ring is 2. The van der Waals surface area contributed by atoms with Gasteiger partial charge in [-0.25, -0.2) is 0 Å². The quantitative estimate of drug-likeness (QED) is 0.0544. The lowest BCUT2D eigenvalue weighted by Gasteiger charge is -2.11. The zero-order chi connectivity index (χ0) is 35.2. The lowest BCUT2D eigenvalue weighted by atomic mass is 9.95. The normalized spacial score (nSPS) is 11.3. The Morgan fingerprint density at radius 2 is 0.640 bits per heavy atom. The van der Waals surface area contributed by atoms with Crippen LogP contribution in [0.25, 0.3) is 0 Å². The summed E-state index contributed by atoms with van der Waals surface area (Å²) in [6.07, 6.45) is 28.1. The first-order valence-corrected chi connectivity index (χ1v) is 20.4. The molecule has 50 heavy (non-hydrogen) atoms. The summed E-state index contributed by atoms with van der Waals surface area (Å²) in [5.41, 5.74) is 25.4. The Morgan fingerprint density at radius 1 is 0.320 bits per heavy atom. The van der Waals surface area contributed by atoms with E-state index in [-0.39, 0.29) is 0 Å². The Bertz CT molecular complexity index is 1370. The number of rotatable bonds is 25. The van der Waals surface area contributed by atoms with Crippen molar-refractivity contribution >= 4 is 11.4 Å². The second kappa shape index (κ2) is 23.0. The number of nitrogens with two attached hydrogens (primary N) is 2. The van der Waals surface area contributed by atoms with E-state index >= 15 is 0 Å². The van der Waals surface area contributed by atoms with Crippen molar-refractivity contribution in [1.82, 2.24) is 0 Å². The van der Waals surface area contributed by atoms with Crippen LogP contribution in [0.15, 0.2) is 84.9 Å². The van der Waals surface area contributed by atoms with Gasteiger partial charge >= 0.3 is 0 Å². The summed E-state index contributed by atoms with van der Waals surface area (Å²) in [4.78, 5) is 0. The minimum atomic E-state index is 0.883. The molecule has 4 rings (SSSR count). The van der Waals surface area contributed by atoms with Gasteiger partial charge in [0.05, 0.1) is 0 Å². The van der Waals surface area contributed by atoms with Gasteiger partial charge in [-0.2, -0.15) is 0 Å². The van der Waals surface area contributed by atoms with Crippen LogP contribution in [0.2, 0.25) is 0 Å². The topological polar surface area (TPSA) is 52.0 Å². The summed E-state index contributed by atoms with van der Waals surface area (Å²) in [7, 11) is 0. The van der Waals surface area contributed by atoms with Crippen LogP contribution >= 0.6 is 0 Å². The number of hydrogen-bond donors (Lipinski definition) is 2. The Labute approximate surface area is 306 Å². The van der Waals surface area contributed by atoms with Gasteiger partial charge in [-0.3, -0.25) is 0 Å². The molecule has 0 unspecified atom stereocenters. The van der Waals surface area contributed by atoms with Gasteiger partial charge in [-0.1, -0.05) is 152 Å². The summed E-state index contributed by atoms with van der Waals surface area (Å²) in [5.74, 6) is 0. The second-order valence-electron chi connectivity index (χ2n) is 15.0. The van der Waals surface area contributed by atoms with E-state index in [1.54, 1.807) is 0 Å². The predicted molar refractivity (Wildman–Crippen MR) is 220 cm³/mol. The minimum absolute atomic E-state index is 0.883. The van der Waals surface area contributed by atoms with Gasteiger partial charge in [-0.05, 0) is 133 Å². The standard InChI is InChI=1S/C48H68N2/c1-3-5-21-43-37-47(49)33-31-45(43)35-41-27-23-39(24-28-41)19-17-15-13-11-9-7-8-10-12-14-16-18-20-40-25-29-42(30-26-40)36-46-32-34-48(50)38-44(46)22-6-4-2/h23-34,37-38H,3-22,35-36,49-50H2,1-2H3. The molecule has 4 aromatic rings. The van der Waals surface area contributed by atoms with E-state index in [1.165, 1.54) is 160 Å². The number of benzene rings is 4. The maximum absolute atomic E-state index is 6.07. The fourth-order valence-corrected chi connectivity index (χ4v) is 7.35. The SMILES string of the molecule is CCCCc1cc(N)ccc1Cc1ccc(CCCCCCCCCCCCCCc2ccc(Cc3ccc(N)cc3CCCC)cc2)cc1. The monoisotopic (exact) mass is 673 g/mol. The van der Waals surface area contributed by atoms with Crippen LogP contribution in [0.1, 0.15) is 161 Å². The van der Waals surface area contributed by atoms with Crippen molar-refractivity contribution in [2.24, 2.45) is 0 Å². The molecule has 4 aromatic carbocycles. The molecule has 0 bridgehead atoms. The third kappa shape index (κ3) is 14.8. The highest BCUT2D eigenvalue weighted by Crippen LogP contribution is 2.23. The first-order valence-electron chi connectivity index (χ1n) is 20.4. The van der Waals surface area contributed by atoms with E-state index in [0.717, 1.165) is 37.1 Å². The van der Waals surface area contributed by atoms with Crippen molar-refractivity contribution in [3.63, 3.8) is 0 Å². The van der Waals surface area contributed by atoms with Gasteiger partial charge in [0.15, 0.2) is 0 Å². The number of aryl methyl sites for hydroxylation is 4. The van der Waals surface area contributed by atoms with Crippen molar-refractivity contribution in [2.45, 2.75) is 155 Å². The summed E-state index contributed by atoms with van der Waals surface area (Å²) < 4.78 is 0. The molecule has 0 amide bonds. The molecule has 0 radical (unpaired) electrons. The molecule has 0 fully saturated rings. The maximum Gasteiger partial charge on any atom is 0.0316 e. The Morgan fingerprint density at radius 3 is 0.980 bits per heavy atom. The number of hydrogen-bond acceptors (Lipinski definition) is 2. The third-order valence-electron chi connectivity index (χ3n) is 10.6. The van der Waals surface area contributed by atoms with Gasteiger partial charge in [0, 0.05) is 11.4 Å². The van der Waals surface area contributed by atoms with Crippen LogP contribution in [-0.4, -0.2) is 0 Å². The average molecular weight is 673 g/mol. The van der Waals surface area contributed by atoms with E-state index in [4.69, 9.17) is 11.5 Å². The molecule has 0 saturated carbocycles. The Balaban J connectivity index is 0.973. The van der Waals surface area contributed by atoms with E-state index < -0.39 is 0 Å². The summed E-state index contributed by atoms with van der Waals surface area (Å²) in [6.45, 7) is 4.51. The first-order chi connectivity index (χ1) is 24.5. The fourth-order valence-electron chi connectivity index (χ4n) is 7.35. The molecule has 0 aliphatic heterocycles. The van der Waals surface area contributed by atoms with Crippen molar-refractivity contribution in [3.8, 4) is 0 Å². The molecular weight excluding hydrogens is 605 g/mol. The molecular formula is C48H68N2. The van der Waals surface area contributed by atoms with E-state index in [9.17, 15) is 0 Å². The Hall–Kier alpha value is -3.52. The van der Waals surface area contributed by atoms with Crippen molar-refractivity contribution in [3.05, 3.63) is 129 Å². The largest absolute Gasteiger partial charge is 0.399 e. The number of anilines is 2. The fraction of sp³-hybridized carbons (Fsp3) is 0.500. The lowest BCUT2D eigenvalue weighted by molar-refractivity contribution is 0.540. The molecule has 270 valence electrons. The van der Waals surface area contributed by atoms with Crippen molar-refractivity contribution in [1.29, 1.82) is 0 Å². The lowest BCUT2D eigenvalue weighted by Crippen LogP contribution is -1.98. The molecule has 0 aromatic heterocycles. The average Bonchev–Trinajstić information content (AvgIpc) is 3.13. The highest BCUT2D eigenvalue weighted by Gasteiger charge is 2.07. The molecule has 4 N–H and O–H groups in total. The van der Waals surface area contributed by atoms with Gasteiger partial charge in [0.1, 0.15) is 0 Å². The molecule has 2 nitrogen and oxygen atoms in total. The second-order valence-corrected chi connectivity index (χ2v) is 15.0. The van der Waals surface area contributed by atoms with Crippen LogP contribution < -0.4 is 11.5 Å². The smallest absolute Gasteiger partial charge is 0.0316 e. The highest BCUT2D eigenvalue weighted by molar-refractivity contribution is 5.47. The molecule has 2 heteroatoms. The summed E-state index contributed by atoms with van der Waals surface area (Å²) >= 11 is 0. The minimum Gasteiger partial charge on any atom is -0.399 e. The van der Waals surface area contributed by atoms with Crippen LogP contribution in [0.5, 0.6) is 0 Å². The molecule has 0 aliphatic rings. The number of unbranched alkanes of at least 4 members (excludes halogenated alkanes) is 13. The molecule has 0 spiro atoms. The van der Waals surface area contributed by atoms with Gasteiger partial charge in [0.25, 0.3) is 0 Å². The summed E-state index contributed by atoms with van der Waals surface area (Å²) in [5, 5.41) is 0. The van der Waals surface area contributed by atoms with Crippen LogP contribution in [-0.2, 0) is 38.5 Å². The first kappa shape index (κ1) is 39.3. The Kier molecular flexibility index (Phi) is 18.1. The third-order valence-corrected chi connectivity index (χ3v) is 10.6.